The molecule has 1 amide bonds. The Morgan fingerprint density at radius 1 is 1.62 bits per heavy atom. The average Bonchev–Trinajstić information content (AvgIpc) is 2.16. The molecule has 0 spiro atoms. The van der Waals surface area contributed by atoms with E-state index in [-0.39, 0.29) is 5.91 Å². The molecular formula is C11H17N3O2. The monoisotopic (exact) mass is 223 g/mol. The average molecular weight is 223 g/mol. The fourth-order valence-corrected chi connectivity index (χ4v) is 1.37. The second-order valence-electron chi connectivity index (χ2n) is 4.24. The summed E-state index contributed by atoms with van der Waals surface area (Å²) in [5, 5.41) is 2.85. The number of amides is 1. The number of nitrogens with one attached hydrogen (secondary N) is 1. The van der Waals surface area contributed by atoms with E-state index in [9.17, 15) is 4.79 Å². The predicted octanol–water partition coefficient (Wildman–Crippen LogP) is 0.819. The Labute approximate surface area is 95.0 Å². The molecule has 1 aromatic heterocycles. The Morgan fingerprint density at radius 2 is 2.31 bits per heavy atom. The van der Waals surface area contributed by atoms with E-state index in [1.807, 2.05) is 13.8 Å². The molecule has 0 bridgehead atoms. The van der Waals surface area contributed by atoms with Gasteiger partial charge in [-0.15, -0.1) is 0 Å². The lowest BCUT2D eigenvalue weighted by Gasteiger charge is -2.25. The van der Waals surface area contributed by atoms with Crippen molar-refractivity contribution in [3.8, 4) is 0 Å². The number of nitrogen functional groups attached to an aromatic ring is 1. The third-order valence-corrected chi connectivity index (χ3v) is 2.00. The molecule has 88 valence electrons. The van der Waals surface area contributed by atoms with Gasteiger partial charge in [-0.25, -0.2) is 4.98 Å². The zero-order chi connectivity index (χ0) is 12.2. The van der Waals surface area contributed by atoms with Crippen LogP contribution in [0.3, 0.4) is 0 Å². The molecule has 5 nitrogen and oxygen atoms in total. The Kier molecular flexibility index (Phi) is 3.84. The molecule has 5 heteroatoms. The van der Waals surface area contributed by atoms with Crippen molar-refractivity contribution in [2.45, 2.75) is 19.4 Å². The number of pyridine rings is 1. The zero-order valence-corrected chi connectivity index (χ0v) is 9.78. The van der Waals surface area contributed by atoms with Crippen LogP contribution in [0.2, 0.25) is 0 Å². The highest BCUT2D eigenvalue weighted by atomic mass is 16.5. The molecule has 0 radical (unpaired) electrons. The third-order valence-electron chi connectivity index (χ3n) is 2.00. The summed E-state index contributed by atoms with van der Waals surface area (Å²) in [5.41, 5.74) is 5.59. The normalized spacial score (nSPS) is 11.2. The van der Waals surface area contributed by atoms with Crippen molar-refractivity contribution in [2.24, 2.45) is 0 Å². The molecule has 1 heterocycles. The maximum atomic E-state index is 11.8. The molecule has 0 unspecified atom stereocenters. The number of carbonyl (C=O) groups excluding carboxylic acids is 1. The molecule has 16 heavy (non-hydrogen) atoms. The first kappa shape index (κ1) is 12.4. The van der Waals surface area contributed by atoms with Crippen LogP contribution in [-0.4, -0.2) is 30.1 Å². The van der Waals surface area contributed by atoms with Crippen molar-refractivity contribution in [3.63, 3.8) is 0 Å². The van der Waals surface area contributed by atoms with Gasteiger partial charge in [0.1, 0.15) is 5.82 Å². The second kappa shape index (κ2) is 4.94. The number of methoxy groups -OCH3 is 1. The number of nitrogens with two attached hydrogens (primary N) is 1. The Morgan fingerprint density at radius 3 is 2.88 bits per heavy atom. The lowest BCUT2D eigenvalue weighted by Crippen LogP contribution is -2.46. The van der Waals surface area contributed by atoms with Crippen LogP contribution in [-0.2, 0) is 4.74 Å². The topological polar surface area (TPSA) is 77.2 Å². The van der Waals surface area contributed by atoms with Gasteiger partial charge in [-0.2, -0.15) is 0 Å². The van der Waals surface area contributed by atoms with Gasteiger partial charge in [0.15, 0.2) is 0 Å². The van der Waals surface area contributed by atoms with Crippen molar-refractivity contribution >= 4 is 11.7 Å². The number of nitrogens with zero attached hydrogens (tertiary/aromatic N) is 1. The highest BCUT2D eigenvalue weighted by Gasteiger charge is 2.20. The summed E-state index contributed by atoms with van der Waals surface area (Å²) in [5.74, 6) is 0.147. The molecule has 0 saturated heterocycles. The van der Waals surface area contributed by atoms with Crippen molar-refractivity contribution in [1.82, 2.24) is 10.3 Å². The predicted molar refractivity (Wildman–Crippen MR) is 62.1 cm³/mol. The van der Waals surface area contributed by atoms with Crippen molar-refractivity contribution in [3.05, 3.63) is 23.9 Å². The smallest absolute Gasteiger partial charge is 0.251 e. The van der Waals surface area contributed by atoms with Crippen LogP contribution in [0.25, 0.3) is 0 Å². The van der Waals surface area contributed by atoms with Crippen LogP contribution < -0.4 is 11.1 Å². The summed E-state index contributed by atoms with van der Waals surface area (Å²) in [7, 11) is 1.60. The summed E-state index contributed by atoms with van der Waals surface area (Å²) in [6, 6.07) is 3.16. The van der Waals surface area contributed by atoms with E-state index in [2.05, 4.69) is 10.3 Å². The van der Waals surface area contributed by atoms with Gasteiger partial charge in [0.25, 0.3) is 5.91 Å². The van der Waals surface area contributed by atoms with E-state index in [0.29, 0.717) is 18.0 Å². The fraction of sp³-hybridized carbons (Fsp3) is 0.455. The highest BCUT2D eigenvalue weighted by Crippen LogP contribution is 2.07. The maximum absolute atomic E-state index is 11.8. The van der Waals surface area contributed by atoms with E-state index in [4.69, 9.17) is 10.5 Å². The Balaban J connectivity index is 2.72. The first-order valence-electron chi connectivity index (χ1n) is 4.97. The number of anilines is 1. The van der Waals surface area contributed by atoms with Crippen LogP contribution >= 0.6 is 0 Å². The molecule has 0 aliphatic heterocycles. The molecule has 0 fully saturated rings. The maximum Gasteiger partial charge on any atom is 0.251 e. The number of aromatic nitrogens is 1. The van der Waals surface area contributed by atoms with Gasteiger partial charge in [-0.1, -0.05) is 0 Å². The fourth-order valence-electron chi connectivity index (χ4n) is 1.37. The van der Waals surface area contributed by atoms with Gasteiger partial charge >= 0.3 is 0 Å². The van der Waals surface area contributed by atoms with Gasteiger partial charge in [-0.05, 0) is 26.0 Å². The minimum Gasteiger partial charge on any atom is -0.384 e. The van der Waals surface area contributed by atoms with E-state index >= 15 is 0 Å². The molecule has 0 aromatic carbocycles. The van der Waals surface area contributed by atoms with Gasteiger partial charge < -0.3 is 15.8 Å². The number of hydrogen-bond donors (Lipinski definition) is 2. The summed E-state index contributed by atoms with van der Waals surface area (Å²) in [6.07, 6.45) is 1.51. The number of hydrogen-bond acceptors (Lipinski definition) is 4. The van der Waals surface area contributed by atoms with E-state index in [1.54, 1.807) is 13.2 Å². The first-order chi connectivity index (χ1) is 7.44. The first-order valence-corrected chi connectivity index (χ1v) is 4.97. The molecule has 3 N–H and O–H groups in total. The van der Waals surface area contributed by atoms with Crippen molar-refractivity contribution in [2.75, 3.05) is 19.5 Å². The minimum absolute atomic E-state index is 0.184. The van der Waals surface area contributed by atoms with Crippen molar-refractivity contribution < 1.29 is 9.53 Å². The molecular weight excluding hydrogens is 206 g/mol. The number of rotatable bonds is 4. The van der Waals surface area contributed by atoms with Crippen LogP contribution in [0.1, 0.15) is 24.2 Å². The van der Waals surface area contributed by atoms with Gasteiger partial charge in [-0.3, -0.25) is 4.79 Å². The third kappa shape index (κ3) is 3.51. The van der Waals surface area contributed by atoms with E-state index < -0.39 is 5.54 Å². The summed E-state index contributed by atoms with van der Waals surface area (Å²) in [4.78, 5) is 15.7. The molecule has 1 rings (SSSR count). The summed E-state index contributed by atoms with van der Waals surface area (Å²) >= 11 is 0. The van der Waals surface area contributed by atoms with Crippen LogP contribution in [0.15, 0.2) is 18.3 Å². The van der Waals surface area contributed by atoms with Crippen LogP contribution in [0, 0.1) is 0 Å². The highest BCUT2D eigenvalue weighted by molar-refractivity contribution is 5.95. The second-order valence-corrected chi connectivity index (χ2v) is 4.24. The molecule has 0 saturated carbocycles. The van der Waals surface area contributed by atoms with E-state index in [1.165, 1.54) is 12.3 Å². The molecule has 0 atom stereocenters. The largest absolute Gasteiger partial charge is 0.384 e. The molecule has 0 aliphatic rings. The zero-order valence-electron chi connectivity index (χ0n) is 9.78. The van der Waals surface area contributed by atoms with Gasteiger partial charge in [0.2, 0.25) is 0 Å². The van der Waals surface area contributed by atoms with Gasteiger partial charge in [0.05, 0.1) is 12.1 Å². The SMILES string of the molecule is COCC(C)(C)NC(=O)c1ccnc(N)c1. The van der Waals surface area contributed by atoms with Gasteiger partial charge in [0, 0.05) is 18.9 Å². The quantitative estimate of drug-likeness (QED) is 0.792. The minimum atomic E-state index is -0.413. The van der Waals surface area contributed by atoms with Crippen LogP contribution in [0.5, 0.6) is 0 Å². The lowest BCUT2D eigenvalue weighted by molar-refractivity contribution is 0.0820. The lowest BCUT2D eigenvalue weighted by atomic mass is 10.1. The Bertz CT molecular complexity index is 377. The number of carbonyl (C=O) groups is 1. The van der Waals surface area contributed by atoms with Crippen molar-refractivity contribution in [1.29, 1.82) is 0 Å². The van der Waals surface area contributed by atoms with E-state index in [0.717, 1.165) is 0 Å². The molecule has 0 aliphatic carbocycles. The number of ether oxygens (including phenoxy) is 1. The summed E-state index contributed by atoms with van der Waals surface area (Å²) in [6.45, 7) is 4.22. The standard InChI is InChI=1S/C11H17N3O2/c1-11(2,7-16-3)14-10(15)8-4-5-13-9(12)6-8/h4-6H,7H2,1-3H3,(H2,12,13)(H,14,15). The molecule has 1 aromatic rings. The Hall–Kier alpha value is -1.62. The van der Waals surface area contributed by atoms with Crippen LogP contribution in [0.4, 0.5) is 5.82 Å². The summed E-state index contributed by atoms with van der Waals surface area (Å²) < 4.78 is 5.02.